The lowest BCUT2D eigenvalue weighted by molar-refractivity contribution is 0.722. The lowest BCUT2D eigenvalue weighted by atomic mass is 9.67. The lowest BCUT2D eigenvalue weighted by Crippen LogP contribution is -2.31. The van der Waals surface area contributed by atoms with Gasteiger partial charge < -0.3 is 0 Å². The van der Waals surface area contributed by atoms with Crippen LogP contribution < -0.4 is 0 Å². The van der Waals surface area contributed by atoms with Crippen molar-refractivity contribution in [3.63, 3.8) is 0 Å². The van der Waals surface area contributed by atoms with Crippen LogP contribution in [0.5, 0.6) is 0 Å². The summed E-state index contributed by atoms with van der Waals surface area (Å²) in [4.78, 5) is 21.8. The standard InChI is InChI=1S/C42H30N4S/c1-25-24-43-36(28-13-5-4-6-14-28)23-31(25)29-15-11-19-34-39(29)40-30(41-45-26(2)44-27(3)46-41)16-12-20-35(40)42(34)32-17-7-9-21-37(32)47-38-22-10-8-18-33(38)42/h4-24H,1-3H3. The number of rotatable bonds is 3. The van der Waals surface area contributed by atoms with Crippen LogP contribution in [0.4, 0.5) is 0 Å². The highest BCUT2D eigenvalue weighted by atomic mass is 32.2. The van der Waals surface area contributed by atoms with Crippen LogP contribution in [0.3, 0.4) is 0 Å². The average molecular weight is 623 g/mol. The molecule has 2 aromatic heterocycles. The molecule has 0 saturated carbocycles. The van der Waals surface area contributed by atoms with Gasteiger partial charge in [-0.1, -0.05) is 115 Å². The number of aromatic nitrogens is 4. The highest BCUT2D eigenvalue weighted by Crippen LogP contribution is 2.64. The van der Waals surface area contributed by atoms with Gasteiger partial charge in [0.1, 0.15) is 11.6 Å². The van der Waals surface area contributed by atoms with E-state index in [1.165, 1.54) is 54.3 Å². The molecule has 1 aliphatic heterocycles. The van der Waals surface area contributed by atoms with E-state index < -0.39 is 5.41 Å². The van der Waals surface area contributed by atoms with E-state index in [1.54, 1.807) is 0 Å². The van der Waals surface area contributed by atoms with Gasteiger partial charge in [0.25, 0.3) is 0 Å². The molecule has 0 fully saturated rings. The van der Waals surface area contributed by atoms with Crippen molar-refractivity contribution in [2.75, 3.05) is 0 Å². The lowest BCUT2D eigenvalue weighted by Gasteiger charge is -2.39. The van der Waals surface area contributed by atoms with E-state index in [4.69, 9.17) is 15.0 Å². The van der Waals surface area contributed by atoms with E-state index in [-0.39, 0.29) is 0 Å². The Morgan fingerprint density at radius 3 is 1.72 bits per heavy atom. The summed E-state index contributed by atoms with van der Waals surface area (Å²) in [5.74, 6) is 2.13. The molecule has 5 heteroatoms. The third kappa shape index (κ3) is 4.09. The maximum absolute atomic E-state index is 4.91. The maximum Gasteiger partial charge on any atom is 0.163 e. The van der Waals surface area contributed by atoms with E-state index in [0.717, 1.165) is 22.4 Å². The van der Waals surface area contributed by atoms with E-state index in [9.17, 15) is 0 Å². The van der Waals surface area contributed by atoms with Crippen LogP contribution >= 0.6 is 11.8 Å². The van der Waals surface area contributed by atoms with Gasteiger partial charge in [-0.15, -0.1) is 0 Å². The Kier molecular flexibility index (Phi) is 6.28. The molecular weight excluding hydrogens is 593 g/mol. The molecule has 0 radical (unpaired) electrons. The Hall–Kier alpha value is -5.39. The molecule has 47 heavy (non-hydrogen) atoms. The summed E-state index contributed by atoms with van der Waals surface area (Å²) in [6.45, 7) is 6.05. The highest BCUT2D eigenvalue weighted by Gasteiger charge is 2.51. The first-order chi connectivity index (χ1) is 23.0. The molecule has 0 bridgehead atoms. The van der Waals surface area contributed by atoms with Gasteiger partial charge in [0, 0.05) is 27.1 Å². The molecule has 2 aliphatic rings. The molecule has 0 saturated heterocycles. The van der Waals surface area contributed by atoms with Crippen LogP contribution in [0.25, 0.3) is 44.9 Å². The number of pyridine rings is 1. The Morgan fingerprint density at radius 2 is 1.06 bits per heavy atom. The minimum absolute atomic E-state index is 0.518. The Morgan fingerprint density at radius 1 is 0.511 bits per heavy atom. The quantitative estimate of drug-likeness (QED) is 0.196. The van der Waals surface area contributed by atoms with Gasteiger partial charge in [0.05, 0.1) is 11.1 Å². The molecule has 0 amide bonds. The maximum atomic E-state index is 4.91. The topological polar surface area (TPSA) is 51.6 Å². The third-order valence-electron chi connectivity index (χ3n) is 9.55. The molecule has 5 aromatic carbocycles. The summed E-state index contributed by atoms with van der Waals surface area (Å²) in [6, 6.07) is 44.0. The molecule has 3 heterocycles. The Bertz CT molecular complexity index is 2310. The molecule has 1 aliphatic carbocycles. The van der Waals surface area contributed by atoms with E-state index in [2.05, 4.69) is 127 Å². The summed E-state index contributed by atoms with van der Waals surface area (Å²) in [5, 5.41) is 0. The number of nitrogens with zero attached hydrogens (tertiary/aromatic N) is 4. The fourth-order valence-electron chi connectivity index (χ4n) is 7.72. The average Bonchev–Trinajstić information content (AvgIpc) is 3.40. The van der Waals surface area contributed by atoms with Gasteiger partial charge in [-0.3, -0.25) is 4.98 Å². The van der Waals surface area contributed by atoms with Gasteiger partial charge in [-0.05, 0) is 89.0 Å². The summed E-state index contributed by atoms with van der Waals surface area (Å²) in [5.41, 5.74) is 13.6. The zero-order valence-corrected chi connectivity index (χ0v) is 27.1. The molecular formula is C42H30N4S. The monoisotopic (exact) mass is 622 g/mol. The van der Waals surface area contributed by atoms with Crippen molar-refractivity contribution < 1.29 is 0 Å². The SMILES string of the molecule is Cc1nc(C)nc(-c2cccc3c2-c2c(-c4cc(-c5ccccc5)ncc4C)cccc2C32c3ccccc3Sc3ccccc32)n1. The minimum atomic E-state index is -0.518. The molecule has 4 nitrogen and oxygen atoms in total. The van der Waals surface area contributed by atoms with Gasteiger partial charge in [0.15, 0.2) is 5.82 Å². The van der Waals surface area contributed by atoms with E-state index >= 15 is 0 Å². The first-order valence-corrected chi connectivity index (χ1v) is 16.7. The van der Waals surface area contributed by atoms with Crippen molar-refractivity contribution in [1.82, 2.24) is 19.9 Å². The van der Waals surface area contributed by atoms with Crippen molar-refractivity contribution in [1.29, 1.82) is 0 Å². The van der Waals surface area contributed by atoms with Gasteiger partial charge in [-0.25, -0.2) is 15.0 Å². The van der Waals surface area contributed by atoms with Gasteiger partial charge in [0.2, 0.25) is 0 Å². The second-order valence-electron chi connectivity index (χ2n) is 12.3. The van der Waals surface area contributed by atoms with Crippen LogP contribution in [0.2, 0.25) is 0 Å². The minimum Gasteiger partial charge on any atom is -0.256 e. The second kappa shape index (κ2) is 10.6. The first-order valence-electron chi connectivity index (χ1n) is 15.9. The normalized spacial score (nSPS) is 13.5. The van der Waals surface area contributed by atoms with Crippen molar-refractivity contribution in [3.05, 3.63) is 167 Å². The fourth-order valence-corrected chi connectivity index (χ4v) is 8.91. The third-order valence-corrected chi connectivity index (χ3v) is 10.7. The van der Waals surface area contributed by atoms with Crippen molar-refractivity contribution in [2.24, 2.45) is 0 Å². The van der Waals surface area contributed by atoms with Crippen LogP contribution in [-0.4, -0.2) is 19.9 Å². The van der Waals surface area contributed by atoms with Crippen molar-refractivity contribution >= 4 is 11.8 Å². The number of benzene rings is 5. The fraction of sp³-hybridized carbons (Fsp3) is 0.0952. The van der Waals surface area contributed by atoms with Crippen molar-refractivity contribution in [3.8, 4) is 44.9 Å². The Balaban J connectivity index is 1.44. The summed E-state index contributed by atoms with van der Waals surface area (Å²) < 4.78 is 0. The number of hydrogen-bond acceptors (Lipinski definition) is 5. The van der Waals surface area contributed by atoms with E-state index in [1.807, 2.05) is 37.9 Å². The van der Waals surface area contributed by atoms with Crippen LogP contribution in [0.1, 0.15) is 39.5 Å². The smallest absolute Gasteiger partial charge is 0.163 e. The van der Waals surface area contributed by atoms with Crippen molar-refractivity contribution in [2.45, 2.75) is 36.0 Å². The van der Waals surface area contributed by atoms with Gasteiger partial charge in [-0.2, -0.15) is 0 Å². The zero-order chi connectivity index (χ0) is 31.7. The number of aryl methyl sites for hydroxylation is 3. The molecule has 9 rings (SSSR count). The van der Waals surface area contributed by atoms with Crippen LogP contribution in [0, 0.1) is 20.8 Å². The second-order valence-corrected chi connectivity index (χ2v) is 13.4. The molecule has 0 N–H and O–H groups in total. The molecule has 0 unspecified atom stereocenters. The van der Waals surface area contributed by atoms with Gasteiger partial charge >= 0.3 is 0 Å². The summed E-state index contributed by atoms with van der Waals surface area (Å²) in [6.07, 6.45) is 2.01. The predicted octanol–water partition coefficient (Wildman–Crippen LogP) is 10.0. The van der Waals surface area contributed by atoms with Crippen LogP contribution in [0.15, 0.2) is 137 Å². The molecule has 1 spiro atoms. The van der Waals surface area contributed by atoms with E-state index in [0.29, 0.717) is 17.5 Å². The molecule has 0 atom stereocenters. The van der Waals surface area contributed by atoms with Crippen LogP contribution in [-0.2, 0) is 5.41 Å². The Labute approximate surface area is 278 Å². The first kappa shape index (κ1) is 27.9. The number of fused-ring (bicyclic) bond motifs is 9. The predicted molar refractivity (Wildman–Crippen MR) is 190 cm³/mol. The number of hydrogen-bond donors (Lipinski definition) is 0. The molecule has 224 valence electrons. The summed E-state index contributed by atoms with van der Waals surface area (Å²) in [7, 11) is 0. The largest absolute Gasteiger partial charge is 0.256 e. The highest BCUT2D eigenvalue weighted by molar-refractivity contribution is 7.99. The summed E-state index contributed by atoms with van der Waals surface area (Å²) >= 11 is 1.86. The molecule has 7 aromatic rings. The zero-order valence-electron chi connectivity index (χ0n) is 26.3.